The predicted molar refractivity (Wildman–Crippen MR) is 63.8 cm³/mol. The quantitative estimate of drug-likeness (QED) is 0.800. The molecule has 0 bridgehead atoms. The fourth-order valence-electron chi connectivity index (χ4n) is 1.52. The Kier molecular flexibility index (Phi) is 4.13. The molecule has 1 aliphatic heterocycles. The van der Waals surface area contributed by atoms with E-state index in [0.29, 0.717) is 12.5 Å². The average Bonchev–Trinajstić information content (AvgIpc) is 2.29. The molecule has 2 rings (SSSR count). The number of hydrogen-bond acceptors (Lipinski definition) is 4. The summed E-state index contributed by atoms with van der Waals surface area (Å²) in [6.45, 7) is 1.45. The van der Waals surface area contributed by atoms with Crippen molar-refractivity contribution >= 4 is 22.6 Å². The topological polar surface area (TPSA) is 44.2 Å². The van der Waals surface area contributed by atoms with Crippen molar-refractivity contribution < 1.29 is 9.47 Å². The normalized spacial score (nSPS) is 21.3. The molecular weight excluding hydrogens is 307 g/mol. The fraction of sp³-hybridized carbons (Fsp3) is 0.600. The van der Waals surface area contributed by atoms with Crippen LogP contribution in [-0.4, -0.2) is 29.3 Å². The van der Waals surface area contributed by atoms with Crippen LogP contribution in [0.5, 0.6) is 5.88 Å². The number of halogens is 1. The molecular formula is C10H13IN2O2. The Labute approximate surface area is 103 Å². The Bertz CT molecular complexity index is 316. The van der Waals surface area contributed by atoms with Crippen LogP contribution in [0.3, 0.4) is 0 Å². The van der Waals surface area contributed by atoms with Crippen molar-refractivity contribution in [2.45, 2.75) is 25.4 Å². The maximum atomic E-state index is 5.59. The van der Waals surface area contributed by atoms with Crippen molar-refractivity contribution in [1.29, 1.82) is 0 Å². The third-order valence-corrected chi connectivity index (χ3v) is 3.05. The Morgan fingerprint density at radius 2 is 2.47 bits per heavy atom. The second-order valence-electron chi connectivity index (χ2n) is 3.48. The van der Waals surface area contributed by atoms with Gasteiger partial charge < -0.3 is 9.47 Å². The van der Waals surface area contributed by atoms with Gasteiger partial charge >= 0.3 is 0 Å². The van der Waals surface area contributed by atoms with Gasteiger partial charge in [-0.2, -0.15) is 0 Å². The maximum Gasteiger partial charge on any atom is 0.230 e. The Balaban J connectivity index is 1.84. The zero-order chi connectivity index (χ0) is 10.5. The first-order valence-corrected chi connectivity index (χ1v) is 6.14. The summed E-state index contributed by atoms with van der Waals surface area (Å²) in [6, 6.07) is 0. The summed E-state index contributed by atoms with van der Waals surface area (Å²) >= 11 is 2.16. The molecule has 82 valence electrons. The van der Waals surface area contributed by atoms with E-state index in [4.69, 9.17) is 9.47 Å². The van der Waals surface area contributed by atoms with E-state index in [9.17, 15) is 0 Å². The zero-order valence-electron chi connectivity index (χ0n) is 8.36. The standard InChI is InChI=1S/C10H13IN2O2/c11-9-5-12-7-13-10(9)15-6-8-3-1-2-4-14-8/h5,7-8H,1-4,6H2. The molecule has 0 aromatic carbocycles. The second kappa shape index (κ2) is 5.60. The lowest BCUT2D eigenvalue weighted by molar-refractivity contribution is -0.0121. The second-order valence-corrected chi connectivity index (χ2v) is 4.64. The third-order valence-electron chi connectivity index (χ3n) is 2.31. The van der Waals surface area contributed by atoms with E-state index >= 15 is 0 Å². The number of hydrogen-bond donors (Lipinski definition) is 0. The molecule has 0 aliphatic carbocycles. The summed E-state index contributed by atoms with van der Waals surface area (Å²) in [5, 5.41) is 0. The summed E-state index contributed by atoms with van der Waals surface area (Å²) in [6.07, 6.45) is 6.95. The van der Waals surface area contributed by atoms with Crippen molar-refractivity contribution in [2.75, 3.05) is 13.2 Å². The zero-order valence-corrected chi connectivity index (χ0v) is 10.5. The van der Waals surface area contributed by atoms with Crippen molar-refractivity contribution in [3.05, 3.63) is 16.1 Å². The van der Waals surface area contributed by atoms with Gasteiger partial charge in [0, 0.05) is 12.8 Å². The van der Waals surface area contributed by atoms with Gasteiger partial charge in [-0.25, -0.2) is 9.97 Å². The molecule has 0 saturated carbocycles. The van der Waals surface area contributed by atoms with Crippen LogP contribution < -0.4 is 4.74 Å². The van der Waals surface area contributed by atoms with Crippen LogP contribution >= 0.6 is 22.6 Å². The number of aromatic nitrogens is 2. The highest BCUT2D eigenvalue weighted by atomic mass is 127. The van der Waals surface area contributed by atoms with Crippen LogP contribution in [0.1, 0.15) is 19.3 Å². The minimum Gasteiger partial charge on any atom is -0.474 e. The molecule has 1 aromatic heterocycles. The summed E-state index contributed by atoms with van der Waals surface area (Å²) in [7, 11) is 0. The van der Waals surface area contributed by atoms with E-state index in [0.717, 1.165) is 16.6 Å². The molecule has 1 saturated heterocycles. The van der Waals surface area contributed by atoms with E-state index in [1.54, 1.807) is 6.20 Å². The molecule has 1 unspecified atom stereocenters. The first-order chi connectivity index (χ1) is 7.36. The van der Waals surface area contributed by atoms with Crippen LogP contribution in [0.25, 0.3) is 0 Å². The van der Waals surface area contributed by atoms with Crippen molar-refractivity contribution in [3.8, 4) is 5.88 Å². The minimum absolute atomic E-state index is 0.226. The molecule has 0 spiro atoms. The average molecular weight is 320 g/mol. The minimum atomic E-state index is 0.226. The van der Waals surface area contributed by atoms with Gasteiger partial charge in [-0.15, -0.1) is 0 Å². The van der Waals surface area contributed by atoms with Gasteiger partial charge in [0.25, 0.3) is 0 Å². The summed E-state index contributed by atoms with van der Waals surface area (Å²) < 4.78 is 12.1. The fourth-order valence-corrected chi connectivity index (χ4v) is 1.97. The highest BCUT2D eigenvalue weighted by Crippen LogP contribution is 2.18. The lowest BCUT2D eigenvalue weighted by atomic mass is 10.1. The summed E-state index contributed by atoms with van der Waals surface area (Å²) in [5.74, 6) is 0.653. The SMILES string of the molecule is Ic1cncnc1OCC1CCCCO1. The third kappa shape index (κ3) is 3.27. The molecule has 0 N–H and O–H groups in total. The molecule has 4 nitrogen and oxygen atoms in total. The van der Waals surface area contributed by atoms with E-state index in [1.807, 2.05) is 0 Å². The first-order valence-electron chi connectivity index (χ1n) is 5.06. The number of ether oxygens (including phenoxy) is 2. The first kappa shape index (κ1) is 11.1. The molecule has 0 radical (unpaired) electrons. The van der Waals surface area contributed by atoms with Gasteiger partial charge in [0.15, 0.2) is 0 Å². The summed E-state index contributed by atoms with van der Waals surface area (Å²) in [5.41, 5.74) is 0. The van der Waals surface area contributed by atoms with Gasteiger partial charge in [0.05, 0.1) is 9.67 Å². The van der Waals surface area contributed by atoms with Crippen LogP contribution in [-0.2, 0) is 4.74 Å². The van der Waals surface area contributed by atoms with Gasteiger partial charge in [0.1, 0.15) is 12.9 Å². The smallest absolute Gasteiger partial charge is 0.230 e. The predicted octanol–water partition coefficient (Wildman–Crippen LogP) is 2.03. The highest BCUT2D eigenvalue weighted by Gasteiger charge is 2.15. The molecule has 1 atom stereocenters. The highest BCUT2D eigenvalue weighted by molar-refractivity contribution is 14.1. The van der Waals surface area contributed by atoms with E-state index < -0.39 is 0 Å². The van der Waals surface area contributed by atoms with Crippen molar-refractivity contribution in [2.24, 2.45) is 0 Å². The molecule has 2 heterocycles. The van der Waals surface area contributed by atoms with Crippen LogP contribution in [0.4, 0.5) is 0 Å². The monoisotopic (exact) mass is 320 g/mol. The molecule has 1 fully saturated rings. The molecule has 15 heavy (non-hydrogen) atoms. The molecule has 0 amide bonds. The van der Waals surface area contributed by atoms with E-state index in [1.165, 1.54) is 19.2 Å². The van der Waals surface area contributed by atoms with Crippen LogP contribution in [0.15, 0.2) is 12.5 Å². The Morgan fingerprint density at radius 3 is 3.20 bits per heavy atom. The Hall–Kier alpha value is -0.430. The van der Waals surface area contributed by atoms with Crippen LogP contribution in [0, 0.1) is 3.57 Å². The Morgan fingerprint density at radius 1 is 1.53 bits per heavy atom. The van der Waals surface area contributed by atoms with Gasteiger partial charge in [-0.3, -0.25) is 0 Å². The number of nitrogens with zero attached hydrogens (tertiary/aromatic N) is 2. The van der Waals surface area contributed by atoms with Gasteiger partial charge in [-0.1, -0.05) is 0 Å². The molecule has 1 aromatic rings. The summed E-state index contributed by atoms with van der Waals surface area (Å²) in [4.78, 5) is 7.98. The lowest BCUT2D eigenvalue weighted by Crippen LogP contribution is -2.26. The maximum absolute atomic E-state index is 5.59. The molecule has 1 aliphatic rings. The number of rotatable bonds is 3. The van der Waals surface area contributed by atoms with Gasteiger partial charge in [-0.05, 0) is 41.9 Å². The van der Waals surface area contributed by atoms with Crippen molar-refractivity contribution in [1.82, 2.24) is 9.97 Å². The van der Waals surface area contributed by atoms with E-state index in [-0.39, 0.29) is 6.10 Å². The lowest BCUT2D eigenvalue weighted by Gasteiger charge is -2.22. The van der Waals surface area contributed by atoms with E-state index in [2.05, 4.69) is 32.6 Å². The largest absolute Gasteiger partial charge is 0.474 e. The molecule has 5 heteroatoms. The van der Waals surface area contributed by atoms with Crippen LogP contribution in [0.2, 0.25) is 0 Å². The van der Waals surface area contributed by atoms with Crippen molar-refractivity contribution in [3.63, 3.8) is 0 Å². The van der Waals surface area contributed by atoms with Gasteiger partial charge in [0.2, 0.25) is 5.88 Å².